The molecular formula is C34H60N6O7. The molecule has 3 unspecified atom stereocenters. The van der Waals surface area contributed by atoms with Crippen LogP contribution in [0.4, 0.5) is 4.79 Å². The zero-order valence-electron chi connectivity index (χ0n) is 29.7. The van der Waals surface area contributed by atoms with Crippen LogP contribution in [0.2, 0.25) is 0 Å². The fourth-order valence-corrected chi connectivity index (χ4v) is 6.90. The second-order valence-electron chi connectivity index (χ2n) is 16.3. The number of carbonyl (C=O) groups excluding carboxylic acids is 5. The van der Waals surface area contributed by atoms with E-state index in [-0.39, 0.29) is 30.2 Å². The van der Waals surface area contributed by atoms with E-state index in [4.69, 9.17) is 10.5 Å². The quantitative estimate of drug-likeness (QED) is 0.120. The van der Waals surface area contributed by atoms with Crippen LogP contribution in [0.1, 0.15) is 113 Å². The van der Waals surface area contributed by atoms with Gasteiger partial charge in [0.25, 0.3) is 5.91 Å². The Bertz CT molecular complexity index is 1140. The van der Waals surface area contributed by atoms with E-state index < -0.39 is 64.7 Å². The van der Waals surface area contributed by atoms with E-state index in [1.54, 1.807) is 0 Å². The van der Waals surface area contributed by atoms with E-state index >= 15 is 0 Å². The van der Waals surface area contributed by atoms with Gasteiger partial charge in [-0.25, -0.2) is 4.79 Å². The highest BCUT2D eigenvalue weighted by Crippen LogP contribution is 2.36. The summed E-state index contributed by atoms with van der Waals surface area (Å²) in [7, 11) is 0. The summed E-state index contributed by atoms with van der Waals surface area (Å²) in [4.78, 5) is 67.8. The lowest BCUT2D eigenvalue weighted by Crippen LogP contribution is -2.64. The summed E-state index contributed by atoms with van der Waals surface area (Å²) >= 11 is 0. The van der Waals surface area contributed by atoms with Gasteiger partial charge in [-0.1, -0.05) is 66.7 Å². The van der Waals surface area contributed by atoms with E-state index in [0.29, 0.717) is 32.2 Å². The molecule has 5 amide bonds. The highest BCUT2D eigenvalue weighted by molar-refractivity contribution is 6.37. The highest BCUT2D eigenvalue weighted by Gasteiger charge is 2.48. The van der Waals surface area contributed by atoms with Crippen molar-refractivity contribution in [1.82, 2.24) is 26.2 Å². The Morgan fingerprint density at radius 3 is 2.09 bits per heavy atom. The number of nitrogens with zero attached hydrogens (tertiary/aromatic N) is 1. The van der Waals surface area contributed by atoms with E-state index in [1.807, 2.05) is 55.4 Å². The van der Waals surface area contributed by atoms with Crippen LogP contribution in [0.5, 0.6) is 0 Å². The molecule has 0 radical (unpaired) electrons. The van der Waals surface area contributed by atoms with Gasteiger partial charge in [0.05, 0.1) is 17.2 Å². The first-order valence-corrected chi connectivity index (χ1v) is 17.4. The molecule has 0 spiro atoms. The van der Waals surface area contributed by atoms with Crippen LogP contribution in [-0.2, 0) is 23.9 Å². The van der Waals surface area contributed by atoms with Gasteiger partial charge < -0.3 is 36.4 Å². The van der Waals surface area contributed by atoms with E-state index in [0.717, 1.165) is 32.1 Å². The van der Waals surface area contributed by atoms with Crippen molar-refractivity contribution in [3.63, 3.8) is 0 Å². The molecule has 47 heavy (non-hydrogen) atoms. The van der Waals surface area contributed by atoms with Crippen LogP contribution in [0.15, 0.2) is 0 Å². The third kappa shape index (κ3) is 11.1. The number of Topliss-reactive ketones (excluding diaryl/α,β-unsaturated/α-hetero) is 1. The third-order valence-corrected chi connectivity index (χ3v) is 9.65. The summed E-state index contributed by atoms with van der Waals surface area (Å²) in [6.07, 6.45) is 5.78. The fourth-order valence-electron chi connectivity index (χ4n) is 6.90. The highest BCUT2D eigenvalue weighted by atomic mass is 16.6. The third-order valence-electron chi connectivity index (χ3n) is 9.65. The maximum atomic E-state index is 14.3. The Hall–Kier alpha value is -2.77. The number of urea groups is 1. The Morgan fingerprint density at radius 2 is 1.57 bits per heavy atom. The zero-order valence-corrected chi connectivity index (χ0v) is 29.7. The maximum absolute atomic E-state index is 14.3. The van der Waals surface area contributed by atoms with E-state index in [9.17, 15) is 29.1 Å². The van der Waals surface area contributed by atoms with Crippen molar-refractivity contribution in [1.29, 1.82) is 0 Å². The molecule has 1 heterocycles. The number of amides is 5. The summed E-state index contributed by atoms with van der Waals surface area (Å²) in [6.45, 7) is 15.7. The molecule has 0 aromatic carbocycles. The second kappa shape index (κ2) is 15.6. The first-order chi connectivity index (χ1) is 21.7. The average Bonchev–Trinajstić information content (AvgIpc) is 3.65. The SMILES string of the molecule is CC(C)C1CCN(C(=O)[C@@H](NC(=O)NC2(CNC(O)OC(C)(C)C)CCCCC2)C(C)(C)C)[C@@H]1C(=O)NC(CC1CC1)C(=O)C(N)=O. The minimum atomic E-state index is -1.21. The van der Waals surface area contributed by atoms with E-state index in [1.165, 1.54) is 4.90 Å². The number of aliphatic hydroxyl groups is 1. The van der Waals surface area contributed by atoms with Crippen molar-refractivity contribution in [2.45, 2.75) is 149 Å². The molecule has 3 rings (SSSR count). The molecule has 268 valence electrons. The molecule has 3 fully saturated rings. The minimum Gasteiger partial charge on any atom is -0.363 e. The molecule has 0 aromatic heterocycles. The Balaban J connectivity index is 1.79. The molecular weight excluding hydrogens is 604 g/mol. The predicted molar refractivity (Wildman–Crippen MR) is 177 cm³/mol. The van der Waals surface area contributed by atoms with Crippen LogP contribution in [0.3, 0.4) is 0 Å². The van der Waals surface area contributed by atoms with Crippen LogP contribution < -0.4 is 27.0 Å². The van der Waals surface area contributed by atoms with Crippen LogP contribution in [0, 0.1) is 23.2 Å². The van der Waals surface area contributed by atoms with Gasteiger partial charge in [0.15, 0.2) is 0 Å². The summed E-state index contributed by atoms with van der Waals surface area (Å²) < 4.78 is 5.59. The Labute approximate surface area is 280 Å². The zero-order chi connectivity index (χ0) is 35.3. The number of rotatable bonds is 14. The van der Waals surface area contributed by atoms with Gasteiger partial charge in [-0.2, -0.15) is 0 Å². The molecule has 0 aromatic rings. The van der Waals surface area contributed by atoms with Crippen LogP contribution in [-0.4, -0.2) is 88.3 Å². The summed E-state index contributed by atoms with van der Waals surface area (Å²) in [5.41, 5.74) is 3.38. The van der Waals surface area contributed by atoms with Crippen LogP contribution in [0.25, 0.3) is 0 Å². The topological polar surface area (TPSA) is 192 Å². The Morgan fingerprint density at radius 1 is 0.957 bits per heavy atom. The monoisotopic (exact) mass is 664 g/mol. The van der Waals surface area contributed by atoms with Crippen molar-refractivity contribution >= 4 is 29.5 Å². The van der Waals surface area contributed by atoms with Gasteiger partial charge in [0.1, 0.15) is 12.1 Å². The number of nitrogens with one attached hydrogen (secondary N) is 4. The number of ketones is 1. The number of carbonyl (C=O) groups is 5. The maximum Gasteiger partial charge on any atom is 0.315 e. The lowest BCUT2D eigenvalue weighted by molar-refractivity contribution is -0.183. The lowest BCUT2D eigenvalue weighted by Gasteiger charge is -2.41. The van der Waals surface area contributed by atoms with Gasteiger partial charge in [-0.05, 0) is 69.6 Å². The van der Waals surface area contributed by atoms with Crippen molar-refractivity contribution in [2.75, 3.05) is 13.1 Å². The van der Waals surface area contributed by atoms with E-state index in [2.05, 4.69) is 21.3 Å². The number of nitrogens with two attached hydrogens (primary N) is 1. The summed E-state index contributed by atoms with van der Waals surface area (Å²) in [5.74, 6) is -2.70. The molecule has 5 atom stereocenters. The van der Waals surface area contributed by atoms with Crippen molar-refractivity contribution in [2.24, 2.45) is 28.9 Å². The van der Waals surface area contributed by atoms with Gasteiger partial charge in [-0.15, -0.1) is 0 Å². The van der Waals surface area contributed by atoms with Gasteiger partial charge >= 0.3 is 6.03 Å². The van der Waals surface area contributed by atoms with Crippen molar-refractivity contribution in [3.05, 3.63) is 0 Å². The number of hydrogen-bond acceptors (Lipinski definition) is 8. The molecule has 2 saturated carbocycles. The van der Waals surface area contributed by atoms with Gasteiger partial charge in [0, 0.05) is 13.1 Å². The largest absolute Gasteiger partial charge is 0.363 e. The summed E-state index contributed by atoms with van der Waals surface area (Å²) in [5, 5.41) is 22.2. The number of aliphatic hydroxyl groups excluding tert-OH is 1. The lowest BCUT2D eigenvalue weighted by atomic mass is 9.81. The van der Waals surface area contributed by atoms with Gasteiger partial charge in [-0.3, -0.25) is 24.5 Å². The molecule has 1 saturated heterocycles. The first kappa shape index (κ1) is 38.7. The molecule has 3 aliphatic rings. The smallest absolute Gasteiger partial charge is 0.315 e. The molecule has 7 N–H and O–H groups in total. The molecule has 0 bridgehead atoms. The molecule has 1 aliphatic heterocycles. The summed E-state index contributed by atoms with van der Waals surface area (Å²) in [6, 6.07) is -3.39. The average molecular weight is 665 g/mol. The number of ether oxygens (including phenoxy) is 1. The molecule has 13 nitrogen and oxygen atoms in total. The number of primary amides is 1. The predicted octanol–water partition coefficient (Wildman–Crippen LogP) is 2.30. The van der Waals surface area contributed by atoms with Gasteiger partial charge in [0.2, 0.25) is 24.0 Å². The number of hydrogen-bond donors (Lipinski definition) is 6. The fraction of sp³-hybridized carbons (Fsp3) is 0.853. The number of likely N-dealkylation sites (tertiary alicyclic amines) is 1. The molecule has 13 heteroatoms. The van der Waals surface area contributed by atoms with Crippen LogP contribution >= 0.6 is 0 Å². The molecule has 2 aliphatic carbocycles. The Kier molecular flexibility index (Phi) is 12.9. The van der Waals surface area contributed by atoms with Crippen molar-refractivity contribution in [3.8, 4) is 0 Å². The normalized spacial score (nSPS) is 23.5. The first-order valence-electron chi connectivity index (χ1n) is 17.4. The minimum absolute atomic E-state index is 0.0536. The second-order valence-corrected chi connectivity index (χ2v) is 16.3. The standard InChI is InChI=1S/C34H60N6O7/c1-20(2)22-14-17-40(24(22)28(43)37-23(18-21-12-13-21)25(41)27(35)42)29(44)26(32(3,4)5)38-30(45)39-34(15-10-9-11-16-34)19-36-31(46)47-33(6,7)8/h20-24,26,31,36,46H,9-19H2,1-8H3,(H2,35,42)(H,37,43)(H2,38,39,45)/t22?,23?,24-,26+,31?/m0/s1. The van der Waals surface area contributed by atoms with Crippen molar-refractivity contribution < 1.29 is 33.8 Å².